The number of carbonyl (C=O) groups excluding carboxylic acids is 1. The molecule has 0 heterocycles. The molecule has 0 saturated heterocycles. The maximum absolute atomic E-state index is 12.2. The number of rotatable bonds is 6. The van der Waals surface area contributed by atoms with Gasteiger partial charge in [-0.25, -0.2) is 0 Å². The normalized spacial score (nSPS) is 30.7. The van der Waals surface area contributed by atoms with Crippen LogP contribution >= 0.6 is 0 Å². The van der Waals surface area contributed by atoms with Crippen molar-refractivity contribution in [3.8, 4) is 0 Å². The Morgan fingerprint density at radius 2 is 1.89 bits per heavy atom. The molecule has 0 aromatic rings. The summed E-state index contributed by atoms with van der Waals surface area (Å²) in [5.41, 5.74) is 5.72. The number of hydrogen-bond acceptors (Lipinski definition) is 2. The predicted octanol–water partition coefficient (Wildman–Crippen LogP) is 2.30. The van der Waals surface area contributed by atoms with Crippen molar-refractivity contribution in [3.05, 3.63) is 0 Å². The first-order chi connectivity index (χ1) is 8.55. The van der Waals surface area contributed by atoms with Gasteiger partial charge in [0.25, 0.3) is 0 Å². The molecule has 0 bridgehead atoms. The minimum atomic E-state index is 0.176. The topological polar surface area (TPSA) is 55.1 Å². The van der Waals surface area contributed by atoms with Crippen molar-refractivity contribution in [3.63, 3.8) is 0 Å². The summed E-state index contributed by atoms with van der Waals surface area (Å²) in [6.07, 6.45) is 7.33. The van der Waals surface area contributed by atoms with Crippen LogP contribution in [0.1, 0.15) is 52.4 Å². The Kier molecular flexibility index (Phi) is 4.31. The Bertz CT molecular complexity index is 289. The van der Waals surface area contributed by atoms with Gasteiger partial charge < -0.3 is 11.1 Å². The molecule has 2 aliphatic rings. The van der Waals surface area contributed by atoms with Crippen LogP contribution < -0.4 is 11.1 Å². The number of carbonyl (C=O) groups is 1. The Labute approximate surface area is 111 Å². The van der Waals surface area contributed by atoms with Gasteiger partial charge in [0.2, 0.25) is 5.91 Å². The van der Waals surface area contributed by atoms with Crippen LogP contribution in [0.5, 0.6) is 0 Å². The van der Waals surface area contributed by atoms with Gasteiger partial charge in [-0.3, -0.25) is 4.79 Å². The second-order valence-electron chi connectivity index (χ2n) is 6.91. The second kappa shape index (κ2) is 5.60. The van der Waals surface area contributed by atoms with Gasteiger partial charge in [-0.1, -0.05) is 26.7 Å². The highest BCUT2D eigenvalue weighted by Gasteiger charge is 2.54. The lowest BCUT2D eigenvalue weighted by molar-refractivity contribution is -0.123. The van der Waals surface area contributed by atoms with Gasteiger partial charge in [0.1, 0.15) is 0 Å². The molecule has 2 fully saturated rings. The molecular weight excluding hydrogens is 224 g/mol. The lowest BCUT2D eigenvalue weighted by Gasteiger charge is -2.24. The lowest BCUT2D eigenvalue weighted by Crippen LogP contribution is -2.35. The van der Waals surface area contributed by atoms with Crippen molar-refractivity contribution < 1.29 is 4.79 Å². The van der Waals surface area contributed by atoms with Crippen LogP contribution in [0.15, 0.2) is 0 Å². The first-order valence-corrected chi connectivity index (χ1v) is 7.53. The summed E-state index contributed by atoms with van der Waals surface area (Å²) in [6, 6.07) is 0. The van der Waals surface area contributed by atoms with E-state index in [1.165, 1.54) is 25.7 Å². The third-order valence-corrected chi connectivity index (χ3v) is 4.76. The Balaban J connectivity index is 1.72. The van der Waals surface area contributed by atoms with Crippen LogP contribution in [0.25, 0.3) is 0 Å². The maximum atomic E-state index is 12.2. The average molecular weight is 252 g/mol. The predicted molar refractivity (Wildman–Crippen MR) is 74.0 cm³/mol. The molecule has 2 atom stereocenters. The molecule has 0 spiro atoms. The number of nitrogens with one attached hydrogen (secondary N) is 1. The zero-order valence-corrected chi connectivity index (χ0v) is 11.9. The van der Waals surface area contributed by atoms with E-state index in [0.717, 1.165) is 25.9 Å². The summed E-state index contributed by atoms with van der Waals surface area (Å²) >= 11 is 0. The summed E-state index contributed by atoms with van der Waals surface area (Å²) in [4.78, 5) is 12.2. The highest BCUT2D eigenvalue weighted by atomic mass is 16.2. The van der Waals surface area contributed by atoms with Crippen molar-refractivity contribution >= 4 is 5.91 Å². The maximum Gasteiger partial charge on any atom is 0.223 e. The molecule has 0 aromatic carbocycles. The summed E-state index contributed by atoms with van der Waals surface area (Å²) < 4.78 is 0. The summed E-state index contributed by atoms with van der Waals surface area (Å²) in [7, 11) is 0. The Morgan fingerprint density at radius 1 is 1.28 bits per heavy atom. The summed E-state index contributed by atoms with van der Waals surface area (Å²) in [5.74, 6) is 2.09. The smallest absolute Gasteiger partial charge is 0.223 e. The van der Waals surface area contributed by atoms with Crippen LogP contribution in [-0.4, -0.2) is 19.0 Å². The average Bonchev–Trinajstić information content (AvgIpc) is 3.08. The van der Waals surface area contributed by atoms with E-state index in [1.807, 2.05) is 0 Å². The van der Waals surface area contributed by atoms with Crippen molar-refractivity contribution in [2.75, 3.05) is 13.1 Å². The summed E-state index contributed by atoms with van der Waals surface area (Å²) in [5, 5.41) is 3.17. The molecule has 3 nitrogen and oxygen atoms in total. The number of fused-ring (bicyclic) bond motifs is 1. The molecule has 3 N–H and O–H groups in total. The number of hydrogen-bond donors (Lipinski definition) is 2. The fourth-order valence-corrected chi connectivity index (χ4v) is 3.49. The number of nitrogens with two attached hydrogens (primary N) is 1. The molecule has 2 unspecified atom stereocenters. The standard InChI is InChI=1S/C15H28N2O/c1-15(2,8-5-9-16)10-17-14(18)13-11-6-3-4-7-12(11)13/h11-13H,3-10,16H2,1-2H3,(H,17,18). The van der Waals surface area contributed by atoms with E-state index >= 15 is 0 Å². The first kappa shape index (κ1) is 13.9. The third kappa shape index (κ3) is 3.25. The van der Waals surface area contributed by atoms with E-state index < -0.39 is 0 Å². The molecular formula is C15H28N2O. The minimum Gasteiger partial charge on any atom is -0.355 e. The van der Waals surface area contributed by atoms with Crippen molar-refractivity contribution in [1.82, 2.24) is 5.32 Å². The quantitative estimate of drug-likeness (QED) is 0.762. The highest BCUT2D eigenvalue weighted by molar-refractivity contribution is 5.82. The Morgan fingerprint density at radius 3 is 2.44 bits per heavy atom. The third-order valence-electron chi connectivity index (χ3n) is 4.76. The van der Waals surface area contributed by atoms with E-state index in [1.54, 1.807) is 0 Å². The van der Waals surface area contributed by atoms with Gasteiger partial charge in [-0.2, -0.15) is 0 Å². The van der Waals surface area contributed by atoms with Crippen LogP contribution in [-0.2, 0) is 4.79 Å². The molecule has 2 saturated carbocycles. The van der Waals surface area contributed by atoms with Gasteiger partial charge >= 0.3 is 0 Å². The largest absolute Gasteiger partial charge is 0.355 e. The van der Waals surface area contributed by atoms with Crippen LogP contribution in [0.2, 0.25) is 0 Å². The molecule has 2 aliphatic carbocycles. The molecule has 3 heteroatoms. The summed E-state index contributed by atoms with van der Waals surface area (Å²) in [6.45, 7) is 5.96. The SMILES string of the molecule is CC(C)(CCCN)CNC(=O)C1C2CCCCC21. The molecule has 18 heavy (non-hydrogen) atoms. The molecule has 0 aliphatic heterocycles. The van der Waals surface area contributed by atoms with E-state index in [0.29, 0.717) is 23.7 Å². The van der Waals surface area contributed by atoms with Gasteiger partial charge in [0.05, 0.1) is 0 Å². The molecule has 0 radical (unpaired) electrons. The Hall–Kier alpha value is -0.570. The van der Waals surface area contributed by atoms with Crippen LogP contribution in [0, 0.1) is 23.2 Å². The molecule has 2 rings (SSSR count). The van der Waals surface area contributed by atoms with E-state index in [4.69, 9.17) is 5.73 Å². The first-order valence-electron chi connectivity index (χ1n) is 7.53. The minimum absolute atomic E-state index is 0.176. The zero-order valence-electron chi connectivity index (χ0n) is 11.9. The van der Waals surface area contributed by atoms with Crippen molar-refractivity contribution in [1.29, 1.82) is 0 Å². The van der Waals surface area contributed by atoms with E-state index in [-0.39, 0.29) is 5.41 Å². The van der Waals surface area contributed by atoms with Gasteiger partial charge in [0.15, 0.2) is 0 Å². The number of amides is 1. The molecule has 1 amide bonds. The fourth-order valence-electron chi connectivity index (χ4n) is 3.49. The van der Waals surface area contributed by atoms with Crippen LogP contribution in [0.4, 0.5) is 0 Å². The van der Waals surface area contributed by atoms with Crippen molar-refractivity contribution in [2.24, 2.45) is 28.9 Å². The lowest BCUT2D eigenvalue weighted by atomic mass is 9.87. The van der Waals surface area contributed by atoms with Crippen molar-refractivity contribution in [2.45, 2.75) is 52.4 Å². The van der Waals surface area contributed by atoms with E-state index in [2.05, 4.69) is 19.2 Å². The monoisotopic (exact) mass is 252 g/mol. The van der Waals surface area contributed by atoms with E-state index in [9.17, 15) is 4.79 Å². The van der Waals surface area contributed by atoms with Crippen LogP contribution in [0.3, 0.4) is 0 Å². The zero-order chi connectivity index (χ0) is 13.2. The van der Waals surface area contributed by atoms with Gasteiger partial charge in [-0.15, -0.1) is 0 Å². The fraction of sp³-hybridized carbons (Fsp3) is 0.933. The molecule has 0 aromatic heterocycles. The molecule has 104 valence electrons. The second-order valence-corrected chi connectivity index (χ2v) is 6.91. The van der Waals surface area contributed by atoms with Gasteiger partial charge in [0, 0.05) is 12.5 Å². The van der Waals surface area contributed by atoms with Gasteiger partial charge in [-0.05, 0) is 49.5 Å². The highest BCUT2D eigenvalue weighted by Crippen LogP contribution is 2.55.